The van der Waals surface area contributed by atoms with Crippen LogP contribution in [0, 0.1) is 0 Å². The molecule has 0 aliphatic heterocycles. The van der Waals surface area contributed by atoms with E-state index >= 15 is 0 Å². The number of carboxylic acids is 2. The molecular weight excluding hydrogens is 440 g/mol. The van der Waals surface area contributed by atoms with Gasteiger partial charge in [0.05, 0.1) is 12.4 Å². The Morgan fingerprint density at radius 1 is 0.647 bits per heavy atom. The Labute approximate surface area is 199 Å². The summed E-state index contributed by atoms with van der Waals surface area (Å²) in [4.78, 5) is 20.3. The van der Waals surface area contributed by atoms with Crippen molar-refractivity contribution in [2.45, 2.75) is 51.4 Å². The summed E-state index contributed by atoms with van der Waals surface area (Å²) in [6.45, 7) is 0. The second-order valence-electron chi connectivity index (χ2n) is 7.08. The van der Waals surface area contributed by atoms with E-state index in [-0.39, 0.29) is 24.3 Å². The van der Waals surface area contributed by atoms with Crippen LogP contribution in [-0.4, -0.2) is 44.8 Å². The molecule has 8 N–H and O–H groups in total. The van der Waals surface area contributed by atoms with Gasteiger partial charge in [0.25, 0.3) is 0 Å². The summed E-state index contributed by atoms with van der Waals surface area (Å²) >= 11 is 0. The second-order valence-corrected chi connectivity index (χ2v) is 7.08. The Balaban J connectivity index is 0.000000489. The van der Waals surface area contributed by atoms with Gasteiger partial charge in [-0.3, -0.25) is 9.59 Å². The summed E-state index contributed by atoms with van der Waals surface area (Å²) in [6, 6.07) is 13.7. The lowest BCUT2D eigenvalue weighted by Gasteiger charge is -1.98. The summed E-state index contributed by atoms with van der Waals surface area (Å²) in [5.74, 6) is 8.68. The zero-order valence-electron chi connectivity index (χ0n) is 19.1. The molecule has 0 saturated carbocycles. The highest BCUT2D eigenvalue weighted by Gasteiger charge is 1.98. The molecule has 0 unspecified atom stereocenters. The first-order valence-corrected chi connectivity index (χ1v) is 10.8. The van der Waals surface area contributed by atoms with Gasteiger partial charge < -0.3 is 32.1 Å². The second kappa shape index (κ2) is 19.6. The zero-order chi connectivity index (χ0) is 25.6. The van der Waals surface area contributed by atoms with Crippen LogP contribution in [0.4, 0.5) is 0 Å². The number of hydrogen-bond donors (Lipinski definition) is 6. The Morgan fingerprint density at radius 3 is 1.26 bits per heavy atom. The van der Waals surface area contributed by atoms with Crippen LogP contribution in [0.25, 0.3) is 0 Å². The molecule has 10 heteroatoms. The van der Waals surface area contributed by atoms with Gasteiger partial charge >= 0.3 is 11.9 Å². The third kappa shape index (κ3) is 16.6. The lowest BCUT2D eigenvalue weighted by atomic mass is 10.1. The van der Waals surface area contributed by atoms with Crippen LogP contribution in [0.3, 0.4) is 0 Å². The molecule has 0 bridgehead atoms. The predicted octanol–water partition coefficient (Wildman–Crippen LogP) is 3.65. The zero-order valence-corrected chi connectivity index (χ0v) is 19.1. The number of benzene rings is 2. The smallest absolute Gasteiger partial charge is 0.303 e. The molecule has 0 radical (unpaired) electrons. The van der Waals surface area contributed by atoms with Gasteiger partial charge in [-0.25, -0.2) is 0 Å². The van der Waals surface area contributed by atoms with Crippen LogP contribution in [-0.2, 0) is 9.59 Å². The van der Waals surface area contributed by atoms with Gasteiger partial charge in [-0.15, -0.1) is 0 Å². The number of hydrogen-bond acceptors (Lipinski definition) is 8. The molecule has 0 saturated heterocycles. The van der Waals surface area contributed by atoms with Crippen LogP contribution in [0.1, 0.15) is 62.5 Å². The van der Waals surface area contributed by atoms with Crippen LogP contribution in [0.15, 0.2) is 58.7 Å². The predicted molar refractivity (Wildman–Crippen MR) is 132 cm³/mol. The summed E-state index contributed by atoms with van der Waals surface area (Å²) in [7, 11) is 0. The van der Waals surface area contributed by atoms with Crippen molar-refractivity contribution >= 4 is 24.4 Å². The van der Waals surface area contributed by atoms with Gasteiger partial charge in [0.2, 0.25) is 0 Å². The minimum atomic E-state index is -0.740. The van der Waals surface area contributed by atoms with Crippen LogP contribution in [0.2, 0.25) is 0 Å². The lowest BCUT2D eigenvalue weighted by Crippen LogP contribution is -1.94. The van der Waals surface area contributed by atoms with E-state index < -0.39 is 11.9 Å². The maximum absolute atomic E-state index is 10.1. The largest absolute Gasteiger partial charge is 0.507 e. The Hall–Kier alpha value is -4.08. The molecule has 2 rings (SSSR count). The van der Waals surface area contributed by atoms with E-state index in [0.717, 1.165) is 38.5 Å². The van der Waals surface area contributed by atoms with Crippen LogP contribution in [0.5, 0.6) is 11.5 Å². The molecule has 2 aromatic rings. The van der Waals surface area contributed by atoms with Gasteiger partial charge in [-0.1, -0.05) is 49.9 Å². The highest BCUT2D eigenvalue weighted by Crippen LogP contribution is 2.13. The van der Waals surface area contributed by atoms with Crippen LogP contribution >= 0.6 is 0 Å². The number of unbranched alkanes of at least 4 members (excludes halogenated alkanes) is 5. The van der Waals surface area contributed by atoms with Gasteiger partial charge in [0, 0.05) is 24.0 Å². The fourth-order valence-corrected chi connectivity index (χ4v) is 2.61. The van der Waals surface area contributed by atoms with Gasteiger partial charge in [-0.05, 0) is 37.1 Å². The van der Waals surface area contributed by atoms with Gasteiger partial charge in [0.15, 0.2) is 0 Å². The number of carbonyl (C=O) groups is 2. The van der Waals surface area contributed by atoms with E-state index in [4.69, 9.17) is 32.1 Å². The SMILES string of the molecule is NN=Cc1ccccc1O.NN=Cc1ccccc1O.O=C(O)CCCCCCCCC(=O)O. The number of phenols is 2. The van der Waals surface area contributed by atoms with E-state index in [9.17, 15) is 9.59 Å². The number of aliphatic carboxylic acids is 2. The fraction of sp³-hybridized carbons (Fsp3) is 0.333. The average Bonchev–Trinajstić information content (AvgIpc) is 2.79. The summed E-state index contributed by atoms with van der Waals surface area (Å²) in [6.07, 6.45) is 8.62. The third-order valence-corrected chi connectivity index (χ3v) is 4.33. The van der Waals surface area contributed by atoms with Crippen molar-refractivity contribution in [2.24, 2.45) is 21.9 Å². The van der Waals surface area contributed by atoms with Crippen molar-refractivity contribution in [3.8, 4) is 11.5 Å². The Bertz CT molecular complexity index is 829. The number of nitrogens with two attached hydrogens (primary N) is 2. The minimum absolute atomic E-state index is 0.191. The highest BCUT2D eigenvalue weighted by molar-refractivity contribution is 5.83. The average molecular weight is 475 g/mol. The highest BCUT2D eigenvalue weighted by atomic mass is 16.4. The first-order chi connectivity index (χ1) is 16.3. The summed E-state index contributed by atoms with van der Waals surface area (Å²) in [5, 5.41) is 41.5. The molecule has 2 aromatic carbocycles. The molecule has 0 aliphatic rings. The maximum Gasteiger partial charge on any atom is 0.303 e. The molecule has 10 nitrogen and oxygen atoms in total. The molecular formula is C24H34N4O6. The summed E-state index contributed by atoms with van der Waals surface area (Å²) in [5.41, 5.74) is 1.26. The number of carboxylic acid groups (broad SMARTS) is 2. The third-order valence-electron chi connectivity index (χ3n) is 4.33. The van der Waals surface area contributed by atoms with Crippen molar-refractivity contribution in [3.63, 3.8) is 0 Å². The molecule has 186 valence electrons. The molecule has 0 amide bonds. The molecule has 0 atom stereocenters. The first-order valence-electron chi connectivity index (χ1n) is 10.8. The normalized spacial score (nSPS) is 10.2. The van der Waals surface area contributed by atoms with E-state index in [1.165, 1.54) is 12.4 Å². The number of para-hydroxylation sites is 2. The Morgan fingerprint density at radius 2 is 0.971 bits per heavy atom. The molecule has 0 heterocycles. The lowest BCUT2D eigenvalue weighted by molar-refractivity contribution is -0.138. The topological polar surface area (TPSA) is 192 Å². The van der Waals surface area contributed by atoms with E-state index in [1.807, 2.05) is 0 Å². The number of hydrazone groups is 2. The standard InChI is InChI=1S/C10H18O4.2C7H8N2O/c11-9(12)7-5-3-1-2-4-6-8-10(13)14;2*8-9-5-6-3-1-2-4-7(6)10/h1-8H2,(H,11,12)(H,13,14);2*1-5,10H,8H2. The quantitative estimate of drug-likeness (QED) is 0.123. The number of phenolic OH excluding ortho intramolecular Hbond substituents is 2. The number of rotatable bonds is 11. The molecule has 34 heavy (non-hydrogen) atoms. The molecule has 0 aliphatic carbocycles. The first kappa shape index (κ1) is 29.9. The van der Waals surface area contributed by atoms with E-state index in [1.54, 1.807) is 48.5 Å². The van der Waals surface area contributed by atoms with Crippen molar-refractivity contribution in [1.29, 1.82) is 0 Å². The van der Waals surface area contributed by atoms with Gasteiger partial charge in [-0.2, -0.15) is 10.2 Å². The molecule has 0 aromatic heterocycles. The minimum Gasteiger partial charge on any atom is -0.507 e. The molecule has 0 fully saturated rings. The van der Waals surface area contributed by atoms with Crippen molar-refractivity contribution < 1.29 is 30.0 Å². The van der Waals surface area contributed by atoms with E-state index in [0.29, 0.717) is 11.1 Å². The van der Waals surface area contributed by atoms with Crippen LogP contribution < -0.4 is 11.7 Å². The number of nitrogens with zero attached hydrogens (tertiary/aromatic N) is 2. The monoisotopic (exact) mass is 474 g/mol. The molecule has 0 spiro atoms. The fourth-order valence-electron chi connectivity index (χ4n) is 2.61. The van der Waals surface area contributed by atoms with E-state index in [2.05, 4.69) is 10.2 Å². The maximum atomic E-state index is 10.1. The van der Waals surface area contributed by atoms with Gasteiger partial charge in [0.1, 0.15) is 11.5 Å². The van der Waals surface area contributed by atoms with Crippen molar-refractivity contribution in [2.75, 3.05) is 0 Å². The van der Waals surface area contributed by atoms with Crippen molar-refractivity contribution in [1.82, 2.24) is 0 Å². The summed E-state index contributed by atoms with van der Waals surface area (Å²) < 4.78 is 0. The Kier molecular flexibility index (Phi) is 17.2. The van der Waals surface area contributed by atoms with Crippen molar-refractivity contribution in [3.05, 3.63) is 59.7 Å². The number of aromatic hydroxyl groups is 2.